The summed E-state index contributed by atoms with van der Waals surface area (Å²) < 4.78 is 5.53. The largest absolute Gasteiger partial charge is 0.380 e. The van der Waals surface area contributed by atoms with Gasteiger partial charge < -0.3 is 14.6 Å². The average Bonchev–Trinajstić information content (AvgIpc) is 3.21. The molecule has 3 aromatic heterocycles. The summed E-state index contributed by atoms with van der Waals surface area (Å²) in [7, 11) is 1.81. The Morgan fingerprint density at radius 2 is 2.24 bits per heavy atom. The van der Waals surface area contributed by atoms with E-state index in [-0.39, 0.29) is 11.9 Å². The Hall–Kier alpha value is -2.78. The molecule has 1 amide bonds. The Labute approximate surface area is 192 Å². The van der Waals surface area contributed by atoms with Crippen LogP contribution in [-0.4, -0.2) is 75.3 Å². The number of nitrogens with one attached hydrogen (secondary N) is 2. The van der Waals surface area contributed by atoms with Crippen LogP contribution >= 0.6 is 0 Å². The molecule has 1 saturated heterocycles. The number of hydrogen-bond donors (Lipinski definition) is 2. The summed E-state index contributed by atoms with van der Waals surface area (Å²) in [6, 6.07) is 1.74. The minimum absolute atomic E-state index is 0.0478. The number of carbonyl (C=O) groups is 1. The number of hydrogen-bond acceptors (Lipinski definition) is 6. The Kier molecular flexibility index (Phi) is 4.81. The van der Waals surface area contributed by atoms with Crippen molar-refractivity contribution >= 4 is 22.8 Å². The van der Waals surface area contributed by atoms with E-state index in [0.29, 0.717) is 17.7 Å². The van der Waals surface area contributed by atoms with Gasteiger partial charge in [0, 0.05) is 38.0 Å². The number of carbonyl (C=O) groups excluding carboxylic acids is 1. The molecule has 0 aromatic carbocycles. The molecule has 3 aromatic rings. The van der Waals surface area contributed by atoms with E-state index in [0.717, 1.165) is 67.6 Å². The van der Waals surface area contributed by atoms with Gasteiger partial charge in [-0.05, 0) is 50.0 Å². The summed E-state index contributed by atoms with van der Waals surface area (Å²) in [6.07, 6.45) is 6.09. The first-order valence-electron chi connectivity index (χ1n) is 11.9. The Bertz CT molecular complexity index is 1210. The molecular formula is C24H31N7O2. The number of nitrogens with zero attached hydrogens (tertiary/aromatic N) is 5. The van der Waals surface area contributed by atoms with Gasteiger partial charge in [-0.2, -0.15) is 5.10 Å². The lowest BCUT2D eigenvalue weighted by molar-refractivity contribution is -0.123. The maximum Gasteiger partial charge on any atom is 0.243 e. The molecule has 2 N–H and O–H groups in total. The van der Waals surface area contributed by atoms with Crippen LogP contribution in [0.2, 0.25) is 0 Å². The van der Waals surface area contributed by atoms with Gasteiger partial charge in [0.1, 0.15) is 5.69 Å². The van der Waals surface area contributed by atoms with Crippen molar-refractivity contribution in [2.24, 2.45) is 11.3 Å². The highest BCUT2D eigenvalue weighted by atomic mass is 16.5. The van der Waals surface area contributed by atoms with Gasteiger partial charge >= 0.3 is 0 Å². The molecule has 6 rings (SSSR count). The number of fused-ring (bicyclic) bond motifs is 3. The van der Waals surface area contributed by atoms with Gasteiger partial charge in [-0.25, -0.2) is 9.97 Å². The van der Waals surface area contributed by atoms with E-state index in [1.165, 1.54) is 17.7 Å². The highest BCUT2D eigenvalue weighted by Gasteiger charge is 2.53. The fourth-order valence-electron chi connectivity index (χ4n) is 5.55. The molecule has 2 fully saturated rings. The van der Waals surface area contributed by atoms with E-state index in [1.54, 1.807) is 11.1 Å². The number of imidazole rings is 1. The topological polar surface area (TPSA) is 103 Å². The number of anilines is 1. The van der Waals surface area contributed by atoms with Crippen LogP contribution in [0.4, 0.5) is 5.69 Å². The molecule has 1 saturated carbocycles. The zero-order chi connectivity index (χ0) is 22.7. The predicted molar refractivity (Wildman–Crippen MR) is 125 cm³/mol. The monoisotopic (exact) mass is 449 g/mol. The molecule has 1 aliphatic heterocycles. The Morgan fingerprint density at radius 1 is 1.36 bits per heavy atom. The molecule has 4 heterocycles. The first-order valence-corrected chi connectivity index (χ1v) is 11.9. The Morgan fingerprint density at radius 3 is 3.12 bits per heavy atom. The van der Waals surface area contributed by atoms with Gasteiger partial charge in [0.2, 0.25) is 5.91 Å². The number of likely N-dealkylation sites (N-methyl/N-ethyl adjacent to an activating group) is 1. The van der Waals surface area contributed by atoms with E-state index in [4.69, 9.17) is 9.72 Å². The fraction of sp³-hybridized carbons (Fsp3) is 0.583. The highest BCUT2D eigenvalue weighted by molar-refractivity contribution is 5.97. The van der Waals surface area contributed by atoms with Gasteiger partial charge in [-0.15, -0.1) is 0 Å². The van der Waals surface area contributed by atoms with Crippen molar-refractivity contribution in [3.05, 3.63) is 23.5 Å². The number of H-pyrrole nitrogens is 2. The van der Waals surface area contributed by atoms with Crippen LogP contribution in [-0.2, 0) is 22.4 Å². The smallest absolute Gasteiger partial charge is 0.243 e. The lowest BCUT2D eigenvalue weighted by Crippen LogP contribution is -2.46. The number of amides is 1. The zero-order valence-corrected chi connectivity index (χ0v) is 19.5. The van der Waals surface area contributed by atoms with Crippen LogP contribution in [0.25, 0.3) is 22.7 Å². The Balaban J connectivity index is 1.24. The maximum atomic E-state index is 13.2. The van der Waals surface area contributed by atoms with Crippen LogP contribution in [0.15, 0.2) is 12.3 Å². The van der Waals surface area contributed by atoms with E-state index in [1.807, 2.05) is 20.0 Å². The second-order valence-corrected chi connectivity index (χ2v) is 10.2. The van der Waals surface area contributed by atoms with Crippen molar-refractivity contribution in [3.63, 3.8) is 0 Å². The number of aromatic amines is 2. The van der Waals surface area contributed by atoms with Crippen molar-refractivity contribution in [1.29, 1.82) is 0 Å². The molecule has 2 aliphatic carbocycles. The molecule has 9 nitrogen and oxygen atoms in total. The van der Waals surface area contributed by atoms with Crippen LogP contribution in [0, 0.1) is 11.3 Å². The quantitative estimate of drug-likeness (QED) is 0.635. The van der Waals surface area contributed by atoms with Crippen molar-refractivity contribution in [1.82, 2.24) is 30.0 Å². The molecule has 0 spiro atoms. The molecule has 9 heteroatoms. The molecule has 33 heavy (non-hydrogen) atoms. The number of pyridine rings is 1. The third-order valence-electron chi connectivity index (χ3n) is 7.95. The van der Waals surface area contributed by atoms with Gasteiger partial charge in [-0.3, -0.25) is 14.8 Å². The van der Waals surface area contributed by atoms with Crippen LogP contribution in [0.3, 0.4) is 0 Å². The van der Waals surface area contributed by atoms with E-state index in [9.17, 15) is 4.79 Å². The second kappa shape index (κ2) is 7.63. The van der Waals surface area contributed by atoms with Gasteiger partial charge in [-0.1, -0.05) is 6.92 Å². The summed E-state index contributed by atoms with van der Waals surface area (Å²) >= 11 is 0. The summed E-state index contributed by atoms with van der Waals surface area (Å²) in [5, 5.41) is 7.84. The summed E-state index contributed by atoms with van der Waals surface area (Å²) in [4.78, 5) is 29.7. The standard InChI is InChI=1S/C24H31N7O2/c1-14(31-5-4-7-33-8-6-31)23(32)30(3)16-10-18-21(25-13-16)27-22(26-18)20-17-9-15-11-24(15,2)12-19(17)28-29-20/h10,13-15H,4-9,11-12H2,1-3H3,(H,28,29)(H,25,26,27)/t14-,15-,24-/m1/s1. The van der Waals surface area contributed by atoms with E-state index in [2.05, 4.69) is 32.0 Å². The number of ether oxygens (including phenoxy) is 1. The first kappa shape index (κ1) is 20.8. The molecule has 0 unspecified atom stereocenters. The third-order valence-corrected chi connectivity index (χ3v) is 7.95. The average molecular weight is 450 g/mol. The number of rotatable bonds is 4. The molecule has 3 aliphatic rings. The van der Waals surface area contributed by atoms with Crippen LogP contribution in [0.1, 0.15) is 37.9 Å². The normalized spacial score (nSPS) is 25.8. The lowest BCUT2D eigenvalue weighted by Gasteiger charge is -2.29. The van der Waals surface area contributed by atoms with Gasteiger partial charge in [0.25, 0.3) is 0 Å². The fourth-order valence-corrected chi connectivity index (χ4v) is 5.55. The summed E-state index contributed by atoms with van der Waals surface area (Å²) in [5.41, 5.74) is 6.08. The van der Waals surface area contributed by atoms with Gasteiger partial charge in [0.05, 0.1) is 30.0 Å². The van der Waals surface area contributed by atoms with Crippen molar-refractivity contribution < 1.29 is 9.53 Å². The minimum atomic E-state index is -0.214. The molecular weight excluding hydrogens is 418 g/mol. The summed E-state index contributed by atoms with van der Waals surface area (Å²) in [5.74, 6) is 1.54. The zero-order valence-electron chi connectivity index (χ0n) is 19.5. The van der Waals surface area contributed by atoms with E-state index >= 15 is 0 Å². The SMILES string of the molecule is C[C@H](C(=O)N(C)c1cnc2nc(-c3n[nH]c4c3C[C@@H]3C[C@]3(C)C4)[nH]c2c1)N1CCCOCC1. The minimum Gasteiger partial charge on any atom is -0.380 e. The van der Waals surface area contributed by atoms with Crippen molar-refractivity contribution in [3.8, 4) is 11.5 Å². The molecule has 0 bridgehead atoms. The first-order chi connectivity index (χ1) is 15.9. The van der Waals surface area contributed by atoms with Gasteiger partial charge in [0.15, 0.2) is 11.5 Å². The predicted octanol–water partition coefficient (Wildman–Crippen LogP) is 2.55. The number of aromatic nitrogens is 5. The second-order valence-electron chi connectivity index (χ2n) is 10.2. The van der Waals surface area contributed by atoms with E-state index < -0.39 is 0 Å². The molecule has 174 valence electrons. The van der Waals surface area contributed by atoms with Crippen molar-refractivity contribution in [2.45, 2.75) is 45.6 Å². The highest BCUT2D eigenvalue weighted by Crippen LogP contribution is 2.59. The molecule has 3 atom stereocenters. The molecule has 0 radical (unpaired) electrons. The van der Waals surface area contributed by atoms with Crippen molar-refractivity contribution in [2.75, 3.05) is 38.3 Å². The lowest BCUT2D eigenvalue weighted by atomic mass is 9.88. The van der Waals surface area contributed by atoms with Crippen LogP contribution < -0.4 is 4.90 Å². The van der Waals surface area contributed by atoms with Crippen LogP contribution in [0.5, 0.6) is 0 Å². The summed E-state index contributed by atoms with van der Waals surface area (Å²) in [6.45, 7) is 7.41. The maximum absolute atomic E-state index is 13.2. The third kappa shape index (κ3) is 3.54.